The molecule has 6 nitrogen and oxygen atoms in total. The summed E-state index contributed by atoms with van der Waals surface area (Å²) in [6, 6.07) is 23.3. The number of nitriles is 1. The van der Waals surface area contributed by atoms with E-state index in [1.807, 2.05) is 67.6 Å². The van der Waals surface area contributed by atoms with Gasteiger partial charge >= 0.3 is 0 Å². The highest BCUT2D eigenvalue weighted by Gasteiger charge is 2.11. The van der Waals surface area contributed by atoms with E-state index in [0.717, 1.165) is 11.1 Å². The smallest absolute Gasteiger partial charge is 0.185 e. The molecule has 2 aromatic carbocycles. The van der Waals surface area contributed by atoms with Crippen LogP contribution in [0.3, 0.4) is 0 Å². The summed E-state index contributed by atoms with van der Waals surface area (Å²) in [5, 5.41) is 25.5. The lowest BCUT2D eigenvalue weighted by atomic mass is 10.1. The molecule has 0 radical (unpaired) electrons. The summed E-state index contributed by atoms with van der Waals surface area (Å²) in [4.78, 5) is 0. The molecule has 0 spiro atoms. The van der Waals surface area contributed by atoms with Crippen molar-refractivity contribution in [3.8, 4) is 17.5 Å². The van der Waals surface area contributed by atoms with E-state index in [1.54, 1.807) is 10.6 Å². The normalized spacial score (nSPS) is 11.8. The Kier molecular flexibility index (Phi) is 4.04. The van der Waals surface area contributed by atoms with Crippen LogP contribution in [0.5, 0.6) is 0 Å². The zero-order chi connectivity index (χ0) is 17.9. The molecule has 1 atom stereocenters. The standard InChI is InChI=1S/C20H16N6/c1-14(17-9-5-6-15(12-17)13-21)22-18-10-11-19-23-24-20(26(19)25-18)16-7-3-2-4-8-16/h2-12,14H,1H3,(H,22,25). The van der Waals surface area contributed by atoms with Crippen LogP contribution in [0.15, 0.2) is 66.7 Å². The van der Waals surface area contributed by atoms with Crippen molar-refractivity contribution in [1.82, 2.24) is 19.8 Å². The van der Waals surface area contributed by atoms with Crippen LogP contribution in [-0.4, -0.2) is 19.8 Å². The Morgan fingerprint density at radius 2 is 1.85 bits per heavy atom. The zero-order valence-corrected chi connectivity index (χ0v) is 14.2. The van der Waals surface area contributed by atoms with Crippen molar-refractivity contribution >= 4 is 11.5 Å². The molecule has 0 aliphatic carbocycles. The fourth-order valence-electron chi connectivity index (χ4n) is 2.82. The van der Waals surface area contributed by atoms with Crippen LogP contribution >= 0.6 is 0 Å². The van der Waals surface area contributed by atoms with Gasteiger partial charge in [0.15, 0.2) is 11.5 Å². The maximum absolute atomic E-state index is 9.07. The molecule has 4 rings (SSSR count). The highest BCUT2D eigenvalue weighted by molar-refractivity contribution is 5.59. The fourth-order valence-corrected chi connectivity index (χ4v) is 2.82. The van der Waals surface area contributed by atoms with E-state index in [1.165, 1.54) is 0 Å². The Bertz CT molecular complexity index is 1090. The molecule has 0 aliphatic rings. The van der Waals surface area contributed by atoms with E-state index < -0.39 is 0 Å². The summed E-state index contributed by atoms with van der Waals surface area (Å²) in [6.07, 6.45) is 0. The van der Waals surface area contributed by atoms with E-state index >= 15 is 0 Å². The molecule has 26 heavy (non-hydrogen) atoms. The molecule has 1 unspecified atom stereocenters. The number of nitrogens with zero attached hydrogens (tertiary/aromatic N) is 5. The number of rotatable bonds is 4. The minimum absolute atomic E-state index is 0.00454. The largest absolute Gasteiger partial charge is 0.362 e. The van der Waals surface area contributed by atoms with Crippen molar-refractivity contribution in [1.29, 1.82) is 5.26 Å². The molecule has 126 valence electrons. The molecule has 2 heterocycles. The van der Waals surface area contributed by atoms with Gasteiger partial charge in [-0.1, -0.05) is 42.5 Å². The van der Waals surface area contributed by atoms with Crippen molar-refractivity contribution in [2.75, 3.05) is 5.32 Å². The Labute approximate surface area is 150 Å². The summed E-state index contributed by atoms with van der Waals surface area (Å²) in [7, 11) is 0. The van der Waals surface area contributed by atoms with Gasteiger partial charge in [-0.3, -0.25) is 0 Å². The summed E-state index contributed by atoms with van der Waals surface area (Å²) < 4.78 is 1.73. The Morgan fingerprint density at radius 1 is 1.00 bits per heavy atom. The average Bonchev–Trinajstić information content (AvgIpc) is 3.12. The van der Waals surface area contributed by atoms with Crippen molar-refractivity contribution in [2.24, 2.45) is 0 Å². The number of hydrogen-bond acceptors (Lipinski definition) is 5. The second-order valence-electron chi connectivity index (χ2n) is 5.98. The Hall–Kier alpha value is -3.72. The van der Waals surface area contributed by atoms with Gasteiger partial charge in [-0.15, -0.1) is 15.3 Å². The molecule has 1 N–H and O–H groups in total. The molecule has 0 amide bonds. The third kappa shape index (κ3) is 2.98. The van der Waals surface area contributed by atoms with Crippen molar-refractivity contribution in [2.45, 2.75) is 13.0 Å². The fraction of sp³-hybridized carbons (Fsp3) is 0.100. The van der Waals surface area contributed by atoms with Crippen molar-refractivity contribution < 1.29 is 0 Å². The molecule has 0 saturated heterocycles. The van der Waals surface area contributed by atoms with Gasteiger partial charge in [0.05, 0.1) is 17.7 Å². The molecule has 6 heteroatoms. The van der Waals surface area contributed by atoms with E-state index in [2.05, 4.69) is 26.7 Å². The number of benzene rings is 2. The van der Waals surface area contributed by atoms with E-state index in [0.29, 0.717) is 22.9 Å². The predicted molar refractivity (Wildman–Crippen MR) is 99.4 cm³/mol. The van der Waals surface area contributed by atoms with Crippen LogP contribution in [-0.2, 0) is 0 Å². The van der Waals surface area contributed by atoms with Crippen LogP contribution in [0.4, 0.5) is 5.82 Å². The molecule has 4 aromatic rings. The Morgan fingerprint density at radius 3 is 2.65 bits per heavy atom. The van der Waals surface area contributed by atoms with E-state index in [9.17, 15) is 0 Å². The van der Waals surface area contributed by atoms with E-state index in [4.69, 9.17) is 5.26 Å². The summed E-state index contributed by atoms with van der Waals surface area (Å²) in [5.41, 5.74) is 3.32. The van der Waals surface area contributed by atoms with Gasteiger partial charge in [-0.2, -0.15) is 9.78 Å². The first-order chi connectivity index (χ1) is 12.7. The van der Waals surface area contributed by atoms with Crippen molar-refractivity contribution in [3.05, 3.63) is 77.9 Å². The third-order valence-electron chi connectivity index (χ3n) is 4.17. The molecule has 0 fully saturated rings. The minimum Gasteiger partial charge on any atom is -0.362 e. The van der Waals surface area contributed by atoms with Crippen LogP contribution in [0.25, 0.3) is 17.0 Å². The molecule has 0 bridgehead atoms. The van der Waals surface area contributed by atoms with E-state index in [-0.39, 0.29) is 6.04 Å². The molecule has 0 aliphatic heterocycles. The van der Waals surface area contributed by atoms with Gasteiger partial charge in [0, 0.05) is 5.56 Å². The first kappa shape index (κ1) is 15.8. The summed E-state index contributed by atoms with van der Waals surface area (Å²) in [5.74, 6) is 1.41. The lowest BCUT2D eigenvalue weighted by Gasteiger charge is -2.15. The summed E-state index contributed by atoms with van der Waals surface area (Å²) in [6.45, 7) is 2.03. The highest BCUT2D eigenvalue weighted by Crippen LogP contribution is 2.21. The van der Waals surface area contributed by atoms with Gasteiger partial charge in [0.2, 0.25) is 0 Å². The second-order valence-corrected chi connectivity index (χ2v) is 5.98. The zero-order valence-electron chi connectivity index (χ0n) is 14.2. The number of fused-ring (bicyclic) bond motifs is 1. The quantitative estimate of drug-likeness (QED) is 0.611. The lowest BCUT2D eigenvalue weighted by Crippen LogP contribution is -2.10. The van der Waals surface area contributed by atoms with Gasteiger partial charge < -0.3 is 5.32 Å². The van der Waals surface area contributed by atoms with Gasteiger partial charge in [0.25, 0.3) is 0 Å². The second kappa shape index (κ2) is 6.65. The number of nitrogens with one attached hydrogen (secondary N) is 1. The van der Waals surface area contributed by atoms with Crippen LogP contribution in [0.1, 0.15) is 24.1 Å². The third-order valence-corrected chi connectivity index (χ3v) is 4.17. The summed E-state index contributed by atoms with van der Waals surface area (Å²) >= 11 is 0. The van der Waals surface area contributed by atoms with Gasteiger partial charge in [-0.05, 0) is 36.8 Å². The monoisotopic (exact) mass is 340 g/mol. The first-order valence-corrected chi connectivity index (χ1v) is 8.29. The average molecular weight is 340 g/mol. The van der Waals surface area contributed by atoms with Crippen LogP contribution in [0.2, 0.25) is 0 Å². The highest BCUT2D eigenvalue weighted by atomic mass is 15.4. The maximum atomic E-state index is 9.07. The van der Waals surface area contributed by atoms with Gasteiger partial charge in [0.1, 0.15) is 5.82 Å². The predicted octanol–water partition coefficient (Wildman–Crippen LogP) is 3.84. The number of anilines is 1. The molecular formula is C20H16N6. The van der Waals surface area contributed by atoms with Crippen LogP contribution < -0.4 is 5.32 Å². The van der Waals surface area contributed by atoms with Crippen LogP contribution in [0, 0.1) is 11.3 Å². The SMILES string of the molecule is CC(Nc1ccc2nnc(-c3ccccc3)n2n1)c1cccc(C#N)c1. The number of aromatic nitrogens is 4. The molecule has 2 aromatic heterocycles. The molecular weight excluding hydrogens is 324 g/mol. The minimum atomic E-state index is 0.00454. The molecule has 0 saturated carbocycles. The first-order valence-electron chi connectivity index (χ1n) is 8.29. The van der Waals surface area contributed by atoms with Crippen molar-refractivity contribution in [3.63, 3.8) is 0 Å². The maximum Gasteiger partial charge on any atom is 0.185 e. The topological polar surface area (TPSA) is 78.9 Å². The van der Waals surface area contributed by atoms with Gasteiger partial charge in [-0.25, -0.2) is 0 Å². The lowest BCUT2D eigenvalue weighted by molar-refractivity contribution is 0.846. The number of hydrogen-bond donors (Lipinski definition) is 1. The Balaban J connectivity index is 1.66.